The summed E-state index contributed by atoms with van der Waals surface area (Å²) < 4.78 is 51.8. The van der Waals surface area contributed by atoms with E-state index in [1.54, 1.807) is 29.2 Å². The van der Waals surface area contributed by atoms with Gasteiger partial charge in [0, 0.05) is 60.8 Å². The second-order valence-electron chi connectivity index (χ2n) is 17.3. The van der Waals surface area contributed by atoms with Crippen LogP contribution in [0.3, 0.4) is 0 Å². The Kier molecular flexibility index (Phi) is 12.3. The number of benzene rings is 5. The molecular formula is C52H51N5O9S. The van der Waals surface area contributed by atoms with E-state index >= 15 is 9.59 Å². The van der Waals surface area contributed by atoms with Gasteiger partial charge in [0.05, 0.1) is 43.3 Å². The SMILES string of the molecule is CS(=O)(=O)NC(=O)c1cccc(CN(C(=O)c2cc(-c3cc4c(cc3C(=O)N3Cc5ccccc5C[C@H]3N3CCOCC3)OCO4)n3c2CCCC3)c2ccc(OCc3ccccc3)cc2)c1. The molecule has 344 valence electrons. The van der Waals surface area contributed by atoms with E-state index in [1.165, 1.54) is 11.6 Å². The minimum absolute atomic E-state index is 0.0259. The molecule has 3 amide bonds. The first-order chi connectivity index (χ1) is 32.6. The molecule has 4 aliphatic rings. The minimum atomic E-state index is -3.82. The summed E-state index contributed by atoms with van der Waals surface area (Å²) >= 11 is 0. The molecule has 0 bridgehead atoms. The van der Waals surface area contributed by atoms with Crippen molar-refractivity contribution in [2.45, 2.75) is 58.1 Å². The van der Waals surface area contributed by atoms with Crippen molar-refractivity contribution in [2.75, 3.05) is 44.3 Å². The number of amides is 3. The number of nitrogens with zero attached hydrogens (tertiary/aromatic N) is 4. The van der Waals surface area contributed by atoms with Crippen molar-refractivity contribution in [1.29, 1.82) is 0 Å². The molecule has 0 aliphatic carbocycles. The molecule has 0 saturated carbocycles. The van der Waals surface area contributed by atoms with Crippen LogP contribution in [0, 0.1) is 0 Å². The topological polar surface area (TPSA) is 149 Å². The summed E-state index contributed by atoms with van der Waals surface area (Å²) in [5.74, 6) is 0.437. The van der Waals surface area contributed by atoms with E-state index in [0.717, 1.165) is 41.6 Å². The number of aromatic nitrogens is 1. The molecular weight excluding hydrogens is 871 g/mol. The van der Waals surface area contributed by atoms with Crippen LogP contribution < -0.4 is 23.8 Å². The van der Waals surface area contributed by atoms with Gasteiger partial charge in [0.15, 0.2) is 11.5 Å². The zero-order chi connectivity index (χ0) is 46.1. The number of carbonyl (C=O) groups excluding carboxylic acids is 3. The number of hydrogen-bond donors (Lipinski definition) is 1. The molecule has 67 heavy (non-hydrogen) atoms. The standard InChI is InChI=1S/C52H51N5O9S/c1-67(61,62)53-50(58)38-15-9-12-36(26-38)31-56(40-17-19-41(20-18-40)64-33-35-10-3-2-4-11-35)52(60)44-28-46(55-21-8-7-16-45(44)55)42-29-47-48(66-34-65-47)30-43(42)51(59)57-32-39-14-6-5-13-37(39)27-49(57)54-22-24-63-25-23-54/h2-6,9-15,17-20,26,28-30,49H,7-8,16,21-25,27,31-34H2,1H3,(H,53,58)/t49-/m0/s1. The summed E-state index contributed by atoms with van der Waals surface area (Å²) in [7, 11) is -3.82. The van der Waals surface area contributed by atoms with E-state index in [4.69, 9.17) is 18.9 Å². The van der Waals surface area contributed by atoms with E-state index in [1.807, 2.05) is 88.5 Å². The fourth-order valence-corrected chi connectivity index (χ4v) is 10.0. The summed E-state index contributed by atoms with van der Waals surface area (Å²) in [5.41, 5.74) is 7.84. The van der Waals surface area contributed by atoms with Gasteiger partial charge in [-0.15, -0.1) is 0 Å². The molecule has 4 aliphatic heterocycles. The predicted molar refractivity (Wildman–Crippen MR) is 252 cm³/mol. The maximum atomic E-state index is 15.4. The molecule has 1 atom stereocenters. The summed E-state index contributed by atoms with van der Waals surface area (Å²) in [6.07, 6.45) is 3.81. The van der Waals surface area contributed by atoms with Gasteiger partial charge in [-0.3, -0.25) is 19.3 Å². The quantitative estimate of drug-likeness (QED) is 0.134. The number of nitrogens with one attached hydrogen (secondary N) is 1. The van der Waals surface area contributed by atoms with Gasteiger partial charge < -0.3 is 33.3 Å². The van der Waals surface area contributed by atoms with Crippen LogP contribution in [0.25, 0.3) is 11.3 Å². The maximum absolute atomic E-state index is 15.4. The number of sulfonamides is 1. The Morgan fingerprint density at radius 3 is 2.28 bits per heavy atom. The Bertz CT molecular complexity index is 2950. The van der Waals surface area contributed by atoms with Crippen molar-refractivity contribution >= 4 is 33.4 Å². The molecule has 1 aromatic heterocycles. The molecule has 0 radical (unpaired) electrons. The molecule has 5 aromatic carbocycles. The van der Waals surface area contributed by atoms with E-state index in [0.29, 0.717) is 104 Å². The molecule has 6 aromatic rings. The third-order valence-corrected chi connectivity index (χ3v) is 13.5. The summed E-state index contributed by atoms with van der Waals surface area (Å²) in [5, 5.41) is 0. The van der Waals surface area contributed by atoms with Crippen LogP contribution in [0.2, 0.25) is 0 Å². The molecule has 15 heteroatoms. The highest BCUT2D eigenvalue weighted by molar-refractivity contribution is 7.89. The Hall–Kier alpha value is -6.94. The average molecular weight is 922 g/mol. The molecule has 10 rings (SSSR count). The number of ether oxygens (including phenoxy) is 4. The predicted octanol–water partition coefficient (Wildman–Crippen LogP) is 7.19. The van der Waals surface area contributed by atoms with Gasteiger partial charge in [-0.1, -0.05) is 66.7 Å². The van der Waals surface area contributed by atoms with Crippen molar-refractivity contribution in [3.05, 3.63) is 166 Å². The first-order valence-corrected chi connectivity index (χ1v) is 24.5. The van der Waals surface area contributed by atoms with Crippen molar-refractivity contribution in [2.24, 2.45) is 0 Å². The number of anilines is 1. The highest BCUT2D eigenvalue weighted by Gasteiger charge is 2.38. The average Bonchev–Trinajstić information content (AvgIpc) is 3.99. The Labute approximate surface area is 389 Å². The zero-order valence-electron chi connectivity index (χ0n) is 37.2. The fraction of sp³-hybridized carbons (Fsp3) is 0.288. The van der Waals surface area contributed by atoms with E-state index in [-0.39, 0.29) is 36.9 Å². The third-order valence-electron chi connectivity index (χ3n) is 12.9. The molecule has 0 unspecified atom stereocenters. The Balaban J connectivity index is 1.04. The second kappa shape index (κ2) is 18.7. The fourth-order valence-electron chi connectivity index (χ4n) is 9.60. The highest BCUT2D eigenvalue weighted by Crippen LogP contribution is 2.43. The van der Waals surface area contributed by atoms with Gasteiger partial charge in [-0.2, -0.15) is 0 Å². The Morgan fingerprint density at radius 1 is 0.776 bits per heavy atom. The van der Waals surface area contributed by atoms with Gasteiger partial charge in [-0.25, -0.2) is 13.1 Å². The van der Waals surface area contributed by atoms with Gasteiger partial charge >= 0.3 is 0 Å². The van der Waals surface area contributed by atoms with Gasteiger partial charge in [-0.05, 0) is 96.1 Å². The van der Waals surface area contributed by atoms with Crippen LogP contribution >= 0.6 is 0 Å². The highest BCUT2D eigenvalue weighted by atomic mass is 32.2. The lowest BCUT2D eigenvalue weighted by atomic mass is 9.94. The van der Waals surface area contributed by atoms with Crippen LogP contribution in [0.4, 0.5) is 5.69 Å². The van der Waals surface area contributed by atoms with Crippen molar-refractivity contribution in [3.8, 4) is 28.5 Å². The third kappa shape index (κ3) is 9.40. The summed E-state index contributed by atoms with van der Waals surface area (Å²) in [4.78, 5) is 49.8. The zero-order valence-corrected chi connectivity index (χ0v) is 38.0. The number of rotatable bonds is 12. The smallest absolute Gasteiger partial charge is 0.264 e. The first kappa shape index (κ1) is 43.9. The largest absolute Gasteiger partial charge is 0.489 e. The minimum Gasteiger partial charge on any atom is -0.489 e. The van der Waals surface area contributed by atoms with Gasteiger partial charge in [0.2, 0.25) is 16.8 Å². The molecule has 0 spiro atoms. The monoisotopic (exact) mass is 921 g/mol. The maximum Gasteiger partial charge on any atom is 0.264 e. The van der Waals surface area contributed by atoms with Crippen LogP contribution in [-0.4, -0.2) is 86.0 Å². The van der Waals surface area contributed by atoms with Crippen LogP contribution in [0.5, 0.6) is 17.2 Å². The van der Waals surface area contributed by atoms with E-state index in [2.05, 4.69) is 21.6 Å². The normalized spacial score (nSPS) is 16.7. The second-order valence-corrected chi connectivity index (χ2v) is 19.1. The summed E-state index contributed by atoms with van der Waals surface area (Å²) in [6, 6.07) is 37.6. The lowest BCUT2D eigenvalue weighted by Gasteiger charge is -2.44. The van der Waals surface area contributed by atoms with Crippen LogP contribution in [0.1, 0.15) is 71.9 Å². The van der Waals surface area contributed by atoms with Crippen molar-refractivity contribution in [1.82, 2.24) is 19.1 Å². The van der Waals surface area contributed by atoms with E-state index < -0.39 is 15.9 Å². The number of fused-ring (bicyclic) bond motifs is 3. The lowest BCUT2D eigenvalue weighted by molar-refractivity contribution is -0.0323. The molecule has 1 N–H and O–H groups in total. The van der Waals surface area contributed by atoms with Crippen molar-refractivity contribution < 1.29 is 41.7 Å². The molecule has 1 saturated heterocycles. The van der Waals surface area contributed by atoms with Gasteiger partial charge in [0.25, 0.3) is 17.7 Å². The molecule has 1 fully saturated rings. The molecule has 14 nitrogen and oxygen atoms in total. The lowest BCUT2D eigenvalue weighted by Crippen LogP contribution is -2.56. The van der Waals surface area contributed by atoms with Crippen molar-refractivity contribution in [3.63, 3.8) is 0 Å². The van der Waals surface area contributed by atoms with Gasteiger partial charge in [0.1, 0.15) is 12.4 Å². The summed E-state index contributed by atoms with van der Waals surface area (Å²) in [6.45, 7) is 4.12. The van der Waals surface area contributed by atoms with Crippen LogP contribution in [-0.2, 0) is 53.8 Å². The number of carbonyl (C=O) groups is 3. The van der Waals surface area contributed by atoms with E-state index in [9.17, 15) is 13.2 Å². The first-order valence-electron chi connectivity index (χ1n) is 22.6. The van der Waals surface area contributed by atoms with Crippen LogP contribution in [0.15, 0.2) is 121 Å². The molecule has 5 heterocycles. The number of hydrogen-bond acceptors (Lipinski definition) is 10. The number of morpholine rings is 1. The Morgan fingerprint density at radius 2 is 1.51 bits per heavy atom.